The lowest BCUT2D eigenvalue weighted by atomic mass is 9.99. The Kier molecular flexibility index (Phi) is 5.19. The van der Waals surface area contributed by atoms with Crippen LogP contribution >= 0.6 is 11.3 Å². The van der Waals surface area contributed by atoms with Gasteiger partial charge in [-0.25, -0.2) is 4.98 Å². The first-order valence-electron chi connectivity index (χ1n) is 9.62. The van der Waals surface area contributed by atoms with E-state index in [4.69, 9.17) is 0 Å². The number of nitro groups is 1. The Morgan fingerprint density at radius 2 is 2.14 bits per heavy atom. The fourth-order valence-electron chi connectivity index (χ4n) is 3.81. The average molecular weight is 410 g/mol. The van der Waals surface area contributed by atoms with Crippen LogP contribution in [-0.2, 0) is 0 Å². The van der Waals surface area contributed by atoms with Gasteiger partial charge in [-0.3, -0.25) is 14.9 Å². The van der Waals surface area contributed by atoms with Crippen LogP contribution in [0.5, 0.6) is 0 Å². The zero-order chi connectivity index (χ0) is 20.5. The molecule has 0 spiro atoms. The zero-order valence-corrected chi connectivity index (χ0v) is 17.2. The van der Waals surface area contributed by atoms with Gasteiger partial charge in [-0.15, -0.1) is 11.3 Å². The molecule has 2 heterocycles. The molecule has 0 aliphatic carbocycles. The smallest absolute Gasteiger partial charge is 0.293 e. The van der Waals surface area contributed by atoms with Crippen molar-refractivity contribution in [2.24, 2.45) is 5.92 Å². The summed E-state index contributed by atoms with van der Waals surface area (Å²) in [6, 6.07) is 10.2. The third-order valence-electron chi connectivity index (χ3n) is 5.19. The van der Waals surface area contributed by atoms with Crippen molar-refractivity contribution in [2.75, 3.05) is 23.3 Å². The van der Waals surface area contributed by atoms with Gasteiger partial charge in [0, 0.05) is 30.4 Å². The minimum absolute atomic E-state index is 0.0275. The third-order valence-corrected chi connectivity index (χ3v) is 6.12. The number of nitro benzene ring substituents is 1. The minimum atomic E-state index is -0.405. The van der Waals surface area contributed by atoms with Gasteiger partial charge in [0.15, 0.2) is 0 Å². The van der Waals surface area contributed by atoms with E-state index in [0.29, 0.717) is 17.3 Å². The SMILES string of the molecule is Cc1nc2ccc(NC(=O)c3ccc(N4CCCC(C)C4)c([N+](=O)[O-])c3)cc2s1. The van der Waals surface area contributed by atoms with Gasteiger partial charge in [0.05, 0.1) is 20.1 Å². The third kappa shape index (κ3) is 4.07. The van der Waals surface area contributed by atoms with Gasteiger partial charge >= 0.3 is 0 Å². The number of piperidine rings is 1. The molecule has 2 aromatic carbocycles. The number of aryl methyl sites for hydroxylation is 1. The van der Waals surface area contributed by atoms with E-state index >= 15 is 0 Å². The van der Waals surface area contributed by atoms with Crippen molar-refractivity contribution in [3.63, 3.8) is 0 Å². The molecule has 7 nitrogen and oxygen atoms in total. The van der Waals surface area contributed by atoms with Crippen molar-refractivity contribution in [3.05, 3.63) is 57.1 Å². The number of nitrogens with zero attached hydrogens (tertiary/aromatic N) is 3. The second-order valence-corrected chi connectivity index (χ2v) is 8.76. The van der Waals surface area contributed by atoms with Crippen LogP contribution < -0.4 is 10.2 Å². The first kappa shape index (κ1) is 19.3. The molecule has 1 aliphatic rings. The molecule has 0 bridgehead atoms. The number of anilines is 2. The molecule has 0 radical (unpaired) electrons. The Labute approximate surface area is 172 Å². The van der Waals surface area contributed by atoms with Crippen molar-refractivity contribution in [2.45, 2.75) is 26.7 Å². The van der Waals surface area contributed by atoms with E-state index in [1.165, 1.54) is 6.07 Å². The molecule has 150 valence electrons. The highest BCUT2D eigenvalue weighted by molar-refractivity contribution is 7.18. The highest BCUT2D eigenvalue weighted by Gasteiger charge is 2.25. The van der Waals surface area contributed by atoms with Gasteiger partial charge in [0.1, 0.15) is 5.69 Å². The van der Waals surface area contributed by atoms with Crippen LogP contribution in [0, 0.1) is 23.0 Å². The summed E-state index contributed by atoms with van der Waals surface area (Å²) in [4.78, 5) is 30.4. The highest BCUT2D eigenvalue weighted by Crippen LogP contribution is 2.33. The maximum Gasteiger partial charge on any atom is 0.293 e. The Balaban J connectivity index is 1.59. The molecule has 1 aromatic heterocycles. The number of hydrogen-bond donors (Lipinski definition) is 1. The predicted molar refractivity (Wildman–Crippen MR) is 116 cm³/mol. The standard InChI is InChI=1S/C21H22N4O3S/c1-13-4-3-9-24(12-13)18-8-5-15(10-19(18)25(27)28)21(26)23-16-6-7-17-20(11-16)29-14(2)22-17/h5-8,10-11,13H,3-4,9,12H2,1-2H3,(H,23,26). The number of aromatic nitrogens is 1. The quantitative estimate of drug-likeness (QED) is 0.483. The Morgan fingerprint density at radius 1 is 1.31 bits per heavy atom. The van der Waals surface area contributed by atoms with Gasteiger partial charge in [-0.05, 0) is 56.0 Å². The molecule has 1 N–H and O–H groups in total. The number of carbonyl (C=O) groups excluding carboxylic acids is 1. The number of benzene rings is 2. The van der Waals surface area contributed by atoms with Crippen molar-refractivity contribution < 1.29 is 9.72 Å². The maximum atomic E-state index is 12.7. The van der Waals surface area contributed by atoms with Crippen LogP contribution in [0.1, 0.15) is 35.1 Å². The van der Waals surface area contributed by atoms with Gasteiger partial charge in [-0.1, -0.05) is 6.92 Å². The lowest BCUT2D eigenvalue weighted by Crippen LogP contribution is -2.34. The topological polar surface area (TPSA) is 88.4 Å². The molecule has 0 saturated carbocycles. The first-order chi connectivity index (χ1) is 13.9. The monoisotopic (exact) mass is 410 g/mol. The van der Waals surface area contributed by atoms with Gasteiger partial charge < -0.3 is 10.2 Å². The molecular weight excluding hydrogens is 388 g/mol. The van der Waals surface area contributed by atoms with E-state index in [1.807, 2.05) is 24.0 Å². The van der Waals surface area contributed by atoms with Crippen LogP contribution in [0.2, 0.25) is 0 Å². The fourth-order valence-corrected chi connectivity index (χ4v) is 4.67. The van der Waals surface area contributed by atoms with Crippen molar-refractivity contribution in [1.82, 2.24) is 4.98 Å². The summed E-state index contributed by atoms with van der Waals surface area (Å²) in [5, 5.41) is 15.5. The van der Waals surface area contributed by atoms with Crippen molar-refractivity contribution in [1.29, 1.82) is 0 Å². The summed E-state index contributed by atoms with van der Waals surface area (Å²) < 4.78 is 0.987. The van der Waals surface area contributed by atoms with Crippen LogP contribution in [0.3, 0.4) is 0 Å². The number of nitrogens with one attached hydrogen (secondary N) is 1. The van der Waals surface area contributed by atoms with Crippen LogP contribution in [0.25, 0.3) is 10.2 Å². The summed E-state index contributed by atoms with van der Waals surface area (Å²) in [7, 11) is 0. The van der Waals surface area contributed by atoms with Gasteiger partial charge in [0.25, 0.3) is 11.6 Å². The number of thiazole rings is 1. The summed E-state index contributed by atoms with van der Waals surface area (Å²) in [6.07, 6.45) is 2.15. The van der Waals surface area contributed by atoms with E-state index in [9.17, 15) is 14.9 Å². The van der Waals surface area contributed by atoms with E-state index in [1.54, 1.807) is 29.5 Å². The number of carbonyl (C=O) groups is 1. The van der Waals surface area contributed by atoms with Gasteiger partial charge in [-0.2, -0.15) is 0 Å². The Bertz CT molecular complexity index is 1090. The lowest BCUT2D eigenvalue weighted by Gasteiger charge is -2.32. The second-order valence-electron chi connectivity index (χ2n) is 7.52. The largest absolute Gasteiger partial charge is 0.366 e. The predicted octanol–water partition coefficient (Wildman–Crippen LogP) is 5.00. The molecule has 1 aliphatic heterocycles. The molecule has 3 aromatic rings. The minimum Gasteiger partial charge on any atom is -0.366 e. The zero-order valence-electron chi connectivity index (χ0n) is 16.3. The Morgan fingerprint density at radius 3 is 2.90 bits per heavy atom. The lowest BCUT2D eigenvalue weighted by molar-refractivity contribution is -0.384. The summed E-state index contributed by atoms with van der Waals surface area (Å²) in [5.41, 5.74) is 2.36. The van der Waals surface area contributed by atoms with E-state index in [-0.39, 0.29) is 17.2 Å². The highest BCUT2D eigenvalue weighted by atomic mass is 32.1. The van der Waals surface area contributed by atoms with Crippen molar-refractivity contribution in [3.8, 4) is 0 Å². The van der Waals surface area contributed by atoms with E-state index < -0.39 is 4.92 Å². The van der Waals surface area contributed by atoms with Crippen LogP contribution in [0.15, 0.2) is 36.4 Å². The molecule has 8 heteroatoms. The number of hydrogen-bond acceptors (Lipinski definition) is 6. The number of fused-ring (bicyclic) bond motifs is 1. The molecular formula is C21H22N4O3S. The average Bonchev–Trinajstić information content (AvgIpc) is 3.06. The Hall–Kier alpha value is -3.00. The first-order valence-corrected chi connectivity index (χ1v) is 10.4. The van der Waals surface area contributed by atoms with Crippen LogP contribution in [-0.4, -0.2) is 28.9 Å². The summed E-state index contributed by atoms with van der Waals surface area (Å²) >= 11 is 1.56. The maximum absolute atomic E-state index is 12.7. The molecule has 1 atom stereocenters. The van der Waals surface area contributed by atoms with Crippen molar-refractivity contribution >= 4 is 44.5 Å². The molecule has 1 unspecified atom stereocenters. The normalized spacial score (nSPS) is 16.8. The van der Waals surface area contributed by atoms with Gasteiger partial charge in [0.2, 0.25) is 0 Å². The fraction of sp³-hybridized carbons (Fsp3) is 0.333. The number of rotatable bonds is 4. The molecule has 29 heavy (non-hydrogen) atoms. The summed E-state index contributed by atoms with van der Waals surface area (Å²) in [6.45, 7) is 5.68. The molecule has 4 rings (SSSR count). The second kappa shape index (κ2) is 7.79. The molecule has 1 saturated heterocycles. The summed E-state index contributed by atoms with van der Waals surface area (Å²) in [5.74, 6) is 0.129. The molecule has 1 fully saturated rings. The van der Waals surface area contributed by atoms with E-state index in [2.05, 4.69) is 17.2 Å². The molecule has 1 amide bonds. The van der Waals surface area contributed by atoms with Crippen LogP contribution in [0.4, 0.5) is 17.1 Å². The number of amides is 1. The van der Waals surface area contributed by atoms with E-state index in [0.717, 1.165) is 41.2 Å².